The van der Waals surface area contributed by atoms with Gasteiger partial charge in [0.2, 0.25) is 0 Å². The SMILES string of the molecule is Cn1ccnc1COc1ccc(NC(=O)c2cnc3ccccc3n2)cc1. The van der Waals surface area contributed by atoms with Crippen molar-refractivity contribution in [2.75, 3.05) is 5.32 Å². The van der Waals surface area contributed by atoms with Crippen molar-refractivity contribution in [2.45, 2.75) is 6.61 Å². The summed E-state index contributed by atoms with van der Waals surface area (Å²) in [5, 5.41) is 2.82. The van der Waals surface area contributed by atoms with E-state index in [4.69, 9.17) is 4.74 Å². The molecule has 0 saturated heterocycles. The summed E-state index contributed by atoms with van der Waals surface area (Å²) >= 11 is 0. The van der Waals surface area contributed by atoms with E-state index < -0.39 is 0 Å². The molecule has 0 aliphatic carbocycles. The Morgan fingerprint density at radius 1 is 1.07 bits per heavy atom. The van der Waals surface area contributed by atoms with E-state index in [0.717, 1.165) is 11.3 Å². The molecule has 7 nitrogen and oxygen atoms in total. The fourth-order valence-electron chi connectivity index (χ4n) is 2.58. The molecule has 0 saturated carbocycles. The maximum absolute atomic E-state index is 12.4. The normalized spacial score (nSPS) is 10.7. The van der Waals surface area contributed by atoms with Crippen molar-refractivity contribution in [3.8, 4) is 5.75 Å². The minimum absolute atomic E-state index is 0.267. The molecule has 27 heavy (non-hydrogen) atoms. The first-order valence-corrected chi connectivity index (χ1v) is 8.41. The van der Waals surface area contributed by atoms with Crippen molar-refractivity contribution in [1.29, 1.82) is 0 Å². The monoisotopic (exact) mass is 359 g/mol. The second kappa shape index (κ2) is 7.25. The van der Waals surface area contributed by atoms with Gasteiger partial charge in [-0.25, -0.2) is 9.97 Å². The summed E-state index contributed by atoms with van der Waals surface area (Å²) in [5.41, 5.74) is 2.36. The van der Waals surface area contributed by atoms with Gasteiger partial charge in [0.05, 0.1) is 17.2 Å². The molecule has 134 valence electrons. The zero-order valence-corrected chi connectivity index (χ0v) is 14.7. The first-order valence-electron chi connectivity index (χ1n) is 8.41. The van der Waals surface area contributed by atoms with Crippen LogP contribution in [0, 0.1) is 0 Å². The molecule has 1 amide bonds. The molecule has 2 aromatic carbocycles. The molecular weight excluding hydrogens is 342 g/mol. The van der Waals surface area contributed by atoms with Crippen LogP contribution in [0.25, 0.3) is 11.0 Å². The van der Waals surface area contributed by atoms with Gasteiger partial charge in [0.1, 0.15) is 23.9 Å². The Kier molecular flexibility index (Phi) is 4.49. The number of nitrogens with zero attached hydrogens (tertiary/aromatic N) is 4. The minimum atomic E-state index is -0.310. The van der Waals surface area contributed by atoms with Gasteiger partial charge >= 0.3 is 0 Å². The fourth-order valence-corrected chi connectivity index (χ4v) is 2.58. The molecule has 7 heteroatoms. The molecule has 0 aliphatic rings. The molecule has 0 unspecified atom stereocenters. The van der Waals surface area contributed by atoms with E-state index in [9.17, 15) is 4.79 Å². The van der Waals surface area contributed by atoms with Crippen LogP contribution in [0.1, 0.15) is 16.3 Å². The highest BCUT2D eigenvalue weighted by molar-refractivity contribution is 6.03. The summed E-state index contributed by atoms with van der Waals surface area (Å²) in [6.07, 6.45) is 5.07. The lowest BCUT2D eigenvalue weighted by molar-refractivity contribution is 0.102. The second-order valence-corrected chi connectivity index (χ2v) is 5.97. The Bertz CT molecular complexity index is 1090. The summed E-state index contributed by atoms with van der Waals surface area (Å²) in [6.45, 7) is 0.377. The molecule has 4 aromatic rings. The summed E-state index contributed by atoms with van der Waals surface area (Å²) < 4.78 is 7.61. The van der Waals surface area contributed by atoms with Crippen LogP contribution in [-0.4, -0.2) is 25.4 Å². The highest BCUT2D eigenvalue weighted by Gasteiger charge is 2.10. The number of aromatic nitrogens is 4. The lowest BCUT2D eigenvalue weighted by Crippen LogP contribution is -2.14. The van der Waals surface area contributed by atoms with Crippen LogP contribution in [0.2, 0.25) is 0 Å². The molecule has 0 atom stereocenters. The third kappa shape index (κ3) is 3.77. The van der Waals surface area contributed by atoms with Gasteiger partial charge in [-0.05, 0) is 36.4 Å². The minimum Gasteiger partial charge on any atom is -0.486 e. The Hall–Kier alpha value is -3.74. The number of carbonyl (C=O) groups excluding carboxylic acids is 1. The standard InChI is InChI=1S/C20H17N5O2/c1-25-11-10-21-19(25)13-27-15-8-6-14(7-9-15)23-20(26)18-12-22-16-4-2-3-5-17(16)24-18/h2-12H,13H2,1H3,(H,23,26). The highest BCUT2D eigenvalue weighted by Crippen LogP contribution is 2.17. The number of nitrogens with one attached hydrogen (secondary N) is 1. The zero-order valence-electron chi connectivity index (χ0n) is 14.7. The van der Waals surface area contributed by atoms with Gasteiger partial charge in [-0.3, -0.25) is 9.78 Å². The molecule has 4 rings (SSSR count). The molecule has 0 spiro atoms. The zero-order chi connectivity index (χ0) is 18.6. The predicted octanol–water partition coefficient (Wildman–Crippen LogP) is 3.19. The summed E-state index contributed by atoms with van der Waals surface area (Å²) in [6, 6.07) is 14.6. The van der Waals surface area contributed by atoms with E-state index in [1.165, 1.54) is 6.20 Å². The molecule has 0 bridgehead atoms. The predicted molar refractivity (Wildman–Crippen MR) is 101 cm³/mol. The molecule has 0 aliphatic heterocycles. The number of aryl methyl sites for hydroxylation is 1. The Morgan fingerprint density at radius 2 is 1.85 bits per heavy atom. The van der Waals surface area contributed by atoms with Crippen molar-refractivity contribution in [2.24, 2.45) is 7.05 Å². The number of anilines is 1. The summed E-state index contributed by atoms with van der Waals surface area (Å²) in [4.78, 5) is 25.2. The van der Waals surface area contributed by atoms with E-state index >= 15 is 0 Å². The first-order chi connectivity index (χ1) is 13.2. The number of benzene rings is 2. The van der Waals surface area contributed by atoms with Crippen molar-refractivity contribution in [3.63, 3.8) is 0 Å². The van der Waals surface area contributed by atoms with Crippen LogP contribution >= 0.6 is 0 Å². The Morgan fingerprint density at radius 3 is 2.59 bits per heavy atom. The fraction of sp³-hybridized carbons (Fsp3) is 0.100. The van der Waals surface area contributed by atoms with Gasteiger partial charge in [-0.1, -0.05) is 12.1 Å². The van der Waals surface area contributed by atoms with Crippen LogP contribution in [0.3, 0.4) is 0 Å². The van der Waals surface area contributed by atoms with Gasteiger partial charge in [-0.15, -0.1) is 0 Å². The van der Waals surface area contributed by atoms with E-state index in [0.29, 0.717) is 23.6 Å². The van der Waals surface area contributed by atoms with Crippen molar-refractivity contribution >= 4 is 22.6 Å². The van der Waals surface area contributed by atoms with Crippen molar-refractivity contribution in [3.05, 3.63) is 78.6 Å². The van der Waals surface area contributed by atoms with E-state index in [1.54, 1.807) is 30.5 Å². The van der Waals surface area contributed by atoms with Gasteiger partial charge in [-0.2, -0.15) is 0 Å². The maximum Gasteiger partial charge on any atom is 0.275 e. The topological polar surface area (TPSA) is 81.9 Å². The molecule has 1 N–H and O–H groups in total. The third-order valence-corrected chi connectivity index (χ3v) is 4.08. The number of rotatable bonds is 5. The van der Waals surface area contributed by atoms with Crippen molar-refractivity contribution < 1.29 is 9.53 Å². The molecule has 0 fully saturated rings. The van der Waals surface area contributed by atoms with Crippen LogP contribution in [0.4, 0.5) is 5.69 Å². The van der Waals surface area contributed by atoms with Crippen LogP contribution < -0.4 is 10.1 Å². The number of carbonyl (C=O) groups is 1. The van der Waals surface area contributed by atoms with E-state index in [1.807, 2.05) is 42.1 Å². The molecule has 0 radical (unpaired) electrons. The number of ether oxygens (including phenoxy) is 1. The number of fused-ring (bicyclic) bond motifs is 1. The number of para-hydroxylation sites is 2. The second-order valence-electron chi connectivity index (χ2n) is 5.97. The molecular formula is C20H17N5O2. The largest absolute Gasteiger partial charge is 0.486 e. The van der Waals surface area contributed by atoms with Crippen LogP contribution in [-0.2, 0) is 13.7 Å². The van der Waals surface area contributed by atoms with Gasteiger partial charge < -0.3 is 14.6 Å². The first kappa shape index (κ1) is 16.7. The maximum atomic E-state index is 12.4. The quantitative estimate of drug-likeness (QED) is 0.592. The summed E-state index contributed by atoms with van der Waals surface area (Å²) in [7, 11) is 1.92. The summed E-state index contributed by atoms with van der Waals surface area (Å²) in [5.74, 6) is 1.22. The molecule has 2 aromatic heterocycles. The highest BCUT2D eigenvalue weighted by atomic mass is 16.5. The third-order valence-electron chi connectivity index (χ3n) is 4.08. The Balaban J connectivity index is 1.41. The lowest BCUT2D eigenvalue weighted by Gasteiger charge is -2.08. The van der Waals surface area contributed by atoms with Crippen molar-refractivity contribution in [1.82, 2.24) is 19.5 Å². The van der Waals surface area contributed by atoms with E-state index in [-0.39, 0.29) is 11.6 Å². The smallest absolute Gasteiger partial charge is 0.275 e. The Labute approximate surface area is 155 Å². The van der Waals surface area contributed by atoms with Gasteiger partial charge in [0.15, 0.2) is 0 Å². The number of hydrogen-bond acceptors (Lipinski definition) is 5. The van der Waals surface area contributed by atoms with Gasteiger partial charge in [0, 0.05) is 25.1 Å². The lowest BCUT2D eigenvalue weighted by atomic mass is 10.2. The average molecular weight is 359 g/mol. The number of imidazole rings is 1. The van der Waals surface area contributed by atoms with Gasteiger partial charge in [0.25, 0.3) is 5.91 Å². The van der Waals surface area contributed by atoms with Crippen LogP contribution in [0.15, 0.2) is 67.1 Å². The average Bonchev–Trinajstić information content (AvgIpc) is 3.12. The van der Waals surface area contributed by atoms with E-state index in [2.05, 4.69) is 20.3 Å². The number of hydrogen-bond donors (Lipinski definition) is 1. The number of amides is 1. The molecule has 2 heterocycles. The van der Waals surface area contributed by atoms with Crippen LogP contribution in [0.5, 0.6) is 5.75 Å².